The first-order valence-corrected chi connectivity index (χ1v) is 11.2. The fourth-order valence-electron chi connectivity index (χ4n) is 4.38. The molecule has 0 radical (unpaired) electrons. The number of methoxy groups -OCH3 is 2. The van der Waals surface area contributed by atoms with Crippen LogP contribution in [0.1, 0.15) is 23.5 Å². The van der Waals surface area contributed by atoms with E-state index in [1.807, 2.05) is 60.8 Å². The number of nitrogens with one attached hydrogen (secondary N) is 1. The van der Waals surface area contributed by atoms with E-state index in [9.17, 15) is 5.11 Å². The minimum atomic E-state index is -0.243. The molecule has 1 fully saturated rings. The maximum absolute atomic E-state index is 9.78. The van der Waals surface area contributed by atoms with Crippen molar-refractivity contribution < 1.29 is 14.6 Å². The first-order chi connectivity index (χ1) is 16.6. The second-order valence-electron chi connectivity index (χ2n) is 7.85. The lowest BCUT2D eigenvalue weighted by Gasteiger charge is -2.30. The summed E-state index contributed by atoms with van der Waals surface area (Å²) in [6.45, 7) is 0. The fraction of sp³-hybridized carbons (Fsp3) is 0.154. The van der Waals surface area contributed by atoms with Gasteiger partial charge in [0.25, 0.3) is 0 Å². The Balaban J connectivity index is 1.70. The van der Waals surface area contributed by atoms with Crippen LogP contribution < -0.4 is 19.7 Å². The number of anilines is 1. The third kappa shape index (κ3) is 3.82. The van der Waals surface area contributed by atoms with Gasteiger partial charge in [-0.15, -0.1) is 0 Å². The third-order valence-electron chi connectivity index (χ3n) is 5.95. The summed E-state index contributed by atoms with van der Waals surface area (Å²) in [5, 5.41) is 13.8. The second kappa shape index (κ2) is 9.07. The Bertz CT molecular complexity index is 1310. The van der Waals surface area contributed by atoms with Gasteiger partial charge >= 0.3 is 0 Å². The second-order valence-corrected chi connectivity index (χ2v) is 8.24. The van der Waals surface area contributed by atoms with Gasteiger partial charge in [0.2, 0.25) is 0 Å². The fourth-order valence-corrected chi connectivity index (χ4v) is 4.72. The van der Waals surface area contributed by atoms with Gasteiger partial charge in [-0.1, -0.05) is 6.07 Å². The lowest BCUT2D eigenvalue weighted by atomic mass is 10.0. The highest BCUT2D eigenvalue weighted by Crippen LogP contribution is 2.46. The van der Waals surface area contributed by atoms with Crippen LogP contribution in [0.5, 0.6) is 17.2 Å². The quantitative estimate of drug-likeness (QED) is 0.392. The molecule has 2 N–H and O–H groups in total. The van der Waals surface area contributed by atoms with Crippen molar-refractivity contribution >= 4 is 23.0 Å². The molecule has 0 bridgehead atoms. The molecule has 0 amide bonds. The number of ether oxygens (including phenoxy) is 2. The minimum absolute atomic E-state index is 0.213. The van der Waals surface area contributed by atoms with Crippen molar-refractivity contribution in [2.24, 2.45) is 0 Å². The van der Waals surface area contributed by atoms with Gasteiger partial charge < -0.3 is 29.4 Å². The van der Waals surface area contributed by atoms with E-state index in [-0.39, 0.29) is 17.8 Å². The maximum atomic E-state index is 9.78. The molecular weight excluding hydrogens is 448 g/mol. The van der Waals surface area contributed by atoms with Crippen molar-refractivity contribution in [1.29, 1.82) is 0 Å². The molecule has 0 spiro atoms. The molecule has 1 aliphatic rings. The Labute approximate surface area is 203 Å². The smallest absolute Gasteiger partial charge is 0.174 e. The number of aromatic nitrogens is 2. The highest BCUT2D eigenvalue weighted by Gasteiger charge is 2.43. The van der Waals surface area contributed by atoms with Gasteiger partial charge in [-0.2, -0.15) is 0 Å². The highest BCUT2D eigenvalue weighted by molar-refractivity contribution is 7.80. The number of thiocarbonyl (C=S) groups is 1. The molecule has 5 rings (SSSR count). The van der Waals surface area contributed by atoms with Crippen molar-refractivity contribution in [3.05, 3.63) is 96.6 Å². The lowest BCUT2D eigenvalue weighted by Crippen LogP contribution is -2.30. The molecule has 34 heavy (non-hydrogen) atoms. The van der Waals surface area contributed by atoms with Crippen LogP contribution in [0.15, 0.2) is 85.2 Å². The van der Waals surface area contributed by atoms with E-state index in [1.165, 1.54) is 0 Å². The highest BCUT2D eigenvalue weighted by atomic mass is 32.1. The third-order valence-corrected chi connectivity index (χ3v) is 6.27. The largest absolute Gasteiger partial charge is 0.508 e. The molecule has 0 aliphatic carbocycles. The Morgan fingerprint density at radius 3 is 2.50 bits per heavy atom. The number of benzene rings is 2. The van der Waals surface area contributed by atoms with E-state index >= 15 is 0 Å². The van der Waals surface area contributed by atoms with Crippen molar-refractivity contribution in [2.75, 3.05) is 19.1 Å². The number of aromatic hydroxyl groups is 1. The van der Waals surface area contributed by atoms with Crippen LogP contribution >= 0.6 is 12.2 Å². The molecule has 1 saturated heterocycles. The number of hydrogen-bond donors (Lipinski definition) is 2. The van der Waals surface area contributed by atoms with Crippen LogP contribution in [0.3, 0.4) is 0 Å². The van der Waals surface area contributed by atoms with Gasteiger partial charge in [-0.3, -0.25) is 4.98 Å². The maximum Gasteiger partial charge on any atom is 0.174 e. The summed E-state index contributed by atoms with van der Waals surface area (Å²) >= 11 is 5.86. The molecule has 0 saturated carbocycles. The van der Waals surface area contributed by atoms with Crippen LogP contribution in [-0.4, -0.2) is 34.0 Å². The average molecular weight is 473 g/mol. The molecule has 7 nitrogen and oxygen atoms in total. The molecule has 2 aromatic carbocycles. The lowest BCUT2D eigenvalue weighted by molar-refractivity contribution is 0.402. The first-order valence-electron chi connectivity index (χ1n) is 10.8. The van der Waals surface area contributed by atoms with E-state index in [0.717, 1.165) is 22.8 Å². The predicted octanol–water partition coefficient (Wildman–Crippen LogP) is 4.77. The van der Waals surface area contributed by atoms with Gasteiger partial charge in [0.1, 0.15) is 23.3 Å². The summed E-state index contributed by atoms with van der Waals surface area (Å²) in [5.74, 6) is 1.60. The molecular formula is C26H24N4O3S. The van der Waals surface area contributed by atoms with Crippen molar-refractivity contribution in [3.63, 3.8) is 0 Å². The van der Waals surface area contributed by atoms with E-state index < -0.39 is 0 Å². The Morgan fingerprint density at radius 2 is 1.79 bits per heavy atom. The Hall–Kier alpha value is -4.04. The summed E-state index contributed by atoms with van der Waals surface area (Å²) < 4.78 is 13.3. The van der Waals surface area contributed by atoms with Gasteiger partial charge in [0.05, 0.1) is 31.6 Å². The molecule has 3 heterocycles. The molecule has 172 valence electrons. The number of pyridine rings is 1. The first kappa shape index (κ1) is 21.8. The standard InChI is InChI=1S/C26H24N4O3S/c1-32-19-12-13-23(33-2)22(16-19)30-25(24(28-26(30)34)20-6-3-4-14-27-20)21-7-5-15-29(21)17-8-10-18(31)11-9-17/h3-16,24-25,31H,1-2H3,(H,28,34). The van der Waals surface area contributed by atoms with E-state index in [4.69, 9.17) is 21.7 Å². The summed E-state index contributed by atoms with van der Waals surface area (Å²) in [5.41, 5.74) is 3.59. The number of rotatable bonds is 6. The Morgan fingerprint density at radius 1 is 0.971 bits per heavy atom. The molecule has 2 aromatic heterocycles. The zero-order valence-corrected chi connectivity index (χ0v) is 19.6. The monoisotopic (exact) mass is 472 g/mol. The van der Waals surface area contributed by atoms with Crippen molar-refractivity contribution in [2.45, 2.75) is 12.1 Å². The summed E-state index contributed by atoms with van der Waals surface area (Å²) in [7, 11) is 3.28. The van der Waals surface area contributed by atoms with Crippen molar-refractivity contribution in [1.82, 2.24) is 14.9 Å². The van der Waals surface area contributed by atoms with Crippen molar-refractivity contribution in [3.8, 4) is 22.9 Å². The summed E-state index contributed by atoms with van der Waals surface area (Å²) in [6, 6.07) is 22.3. The van der Waals surface area contributed by atoms with Gasteiger partial charge in [-0.05, 0) is 72.9 Å². The van der Waals surface area contributed by atoms with Crippen LogP contribution in [-0.2, 0) is 0 Å². The summed E-state index contributed by atoms with van der Waals surface area (Å²) in [6.07, 6.45) is 3.78. The van der Waals surface area contributed by atoms with E-state index in [1.54, 1.807) is 32.5 Å². The zero-order chi connectivity index (χ0) is 23.7. The summed E-state index contributed by atoms with van der Waals surface area (Å²) in [4.78, 5) is 6.68. The number of phenolic OH excluding ortho intramolecular Hbond substituents is 1. The van der Waals surface area contributed by atoms with E-state index in [0.29, 0.717) is 16.6 Å². The minimum Gasteiger partial charge on any atom is -0.508 e. The van der Waals surface area contributed by atoms with E-state index in [2.05, 4.69) is 25.8 Å². The predicted molar refractivity (Wildman–Crippen MR) is 135 cm³/mol. The van der Waals surface area contributed by atoms with Gasteiger partial charge in [-0.25, -0.2) is 0 Å². The van der Waals surface area contributed by atoms with Crippen LogP contribution in [0, 0.1) is 0 Å². The number of hydrogen-bond acceptors (Lipinski definition) is 5. The molecule has 2 atom stereocenters. The van der Waals surface area contributed by atoms with Crippen LogP contribution in [0.25, 0.3) is 5.69 Å². The molecule has 1 aliphatic heterocycles. The van der Waals surface area contributed by atoms with Gasteiger partial charge in [0.15, 0.2) is 5.11 Å². The number of nitrogens with zero attached hydrogens (tertiary/aromatic N) is 3. The molecule has 4 aromatic rings. The molecule has 8 heteroatoms. The normalized spacial score (nSPS) is 17.5. The Kier molecular flexibility index (Phi) is 5.81. The van der Waals surface area contributed by atoms with Gasteiger partial charge in [0, 0.05) is 29.8 Å². The molecule has 2 unspecified atom stereocenters. The average Bonchev–Trinajstić information content (AvgIpc) is 3.49. The number of phenols is 1. The SMILES string of the molecule is COc1ccc(OC)c(N2C(=S)NC(c3ccccn3)C2c2cccn2-c2ccc(O)cc2)c1. The zero-order valence-electron chi connectivity index (χ0n) is 18.8. The topological polar surface area (TPSA) is 71.8 Å². The van der Waals surface area contributed by atoms with Crippen LogP contribution in [0.4, 0.5) is 5.69 Å². The van der Waals surface area contributed by atoms with Crippen LogP contribution in [0.2, 0.25) is 0 Å².